The third-order valence-electron chi connectivity index (χ3n) is 5.26. The Morgan fingerprint density at radius 1 is 1.37 bits per heavy atom. The molecule has 0 saturated heterocycles. The van der Waals surface area contributed by atoms with Gasteiger partial charge in [0, 0.05) is 16.4 Å². The van der Waals surface area contributed by atoms with E-state index in [-0.39, 0.29) is 11.8 Å². The highest BCUT2D eigenvalue weighted by Crippen LogP contribution is 2.37. The summed E-state index contributed by atoms with van der Waals surface area (Å²) in [6, 6.07) is 5.57. The fourth-order valence-corrected chi connectivity index (χ4v) is 5.33. The molecule has 0 bridgehead atoms. The number of hydrogen-bond donors (Lipinski definition) is 1. The Bertz CT molecular complexity index is 1070. The number of benzene rings is 1. The van der Waals surface area contributed by atoms with Crippen LogP contribution in [0.5, 0.6) is 5.75 Å². The van der Waals surface area contributed by atoms with Gasteiger partial charge in [0.05, 0.1) is 17.8 Å². The first kappa shape index (κ1) is 16.8. The number of amides is 1. The van der Waals surface area contributed by atoms with Gasteiger partial charge in [-0.05, 0) is 42.2 Å². The van der Waals surface area contributed by atoms with Crippen molar-refractivity contribution in [1.29, 1.82) is 0 Å². The number of fused-ring (bicyclic) bond motifs is 4. The number of rotatable bonds is 1. The van der Waals surface area contributed by atoms with E-state index in [2.05, 4.69) is 9.97 Å². The summed E-state index contributed by atoms with van der Waals surface area (Å²) in [4.78, 5) is 25.5. The molecular formula is C19H17ClN4O2S. The highest BCUT2D eigenvalue weighted by Gasteiger charge is 2.32. The van der Waals surface area contributed by atoms with E-state index in [1.165, 1.54) is 11.9 Å². The Balaban J connectivity index is 1.38. The summed E-state index contributed by atoms with van der Waals surface area (Å²) in [6.07, 6.45) is 2.92. The van der Waals surface area contributed by atoms with E-state index < -0.39 is 0 Å². The average Bonchev–Trinajstić information content (AvgIpc) is 3.05. The highest BCUT2D eigenvalue weighted by molar-refractivity contribution is 7.19. The van der Waals surface area contributed by atoms with Crippen molar-refractivity contribution in [3.63, 3.8) is 0 Å². The van der Waals surface area contributed by atoms with E-state index in [0.29, 0.717) is 37.0 Å². The molecule has 3 aromatic rings. The number of carbonyl (C=O) groups excluding carboxylic acids is 1. The quantitative estimate of drug-likeness (QED) is 0.678. The van der Waals surface area contributed by atoms with Gasteiger partial charge in [-0.3, -0.25) is 4.79 Å². The zero-order valence-electron chi connectivity index (χ0n) is 14.4. The second-order valence-electron chi connectivity index (χ2n) is 6.92. The molecule has 0 spiro atoms. The van der Waals surface area contributed by atoms with Crippen LogP contribution in [0.15, 0.2) is 24.5 Å². The Morgan fingerprint density at radius 3 is 3.15 bits per heavy atom. The first-order valence-electron chi connectivity index (χ1n) is 8.81. The highest BCUT2D eigenvalue weighted by atomic mass is 35.5. The molecule has 0 saturated carbocycles. The van der Waals surface area contributed by atoms with Crippen molar-refractivity contribution in [2.24, 2.45) is 5.92 Å². The van der Waals surface area contributed by atoms with Gasteiger partial charge in [-0.25, -0.2) is 9.97 Å². The molecule has 0 fully saturated rings. The van der Waals surface area contributed by atoms with E-state index in [4.69, 9.17) is 22.1 Å². The Labute approximate surface area is 164 Å². The summed E-state index contributed by atoms with van der Waals surface area (Å²) in [7, 11) is 0. The molecule has 6 nitrogen and oxygen atoms in total. The number of nitrogens with zero attached hydrogens (tertiary/aromatic N) is 3. The van der Waals surface area contributed by atoms with Crippen molar-refractivity contribution in [1.82, 2.24) is 14.9 Å². The van der Waals surface area contributed by atoms with Crippen molar-refractivity contribution in [3.05, 3.63) is 45.6 Å². The summed E-state index contributed by atoms with van der Waals surface area (Å²) < 4.78 is 5.80. The topological polar surface area (TPSA) is 81.3 Å². The molecule has 1 amide bonds. The number of aromatic nitrogens is 2. The monoisotopic (exact) mass is 400 g/mol. The van der Waals surface area contributed by atoms with E-state index in [1.807, 2.05) is 23.1 Å². The first-order valence-corrected chi connectivity index (χ1v) is 10.0. The van der Waals surface area contributed by atoms with Gasteiger partial charge in [0.2, 0.25) is 5.91 Å². The van der Waals surface area contributed by atoms with Crippen LogP contribution in [0.25, 0.3) is 10.2 Å². The van der Waals surface area contributed by atoms with Crippen LogP contribution in [0, 0.1) is 5.92 Å². The molecule has 1 unspecified atom stereocenters. The zero-order valence-corrected chi connectivity index (χ0v) is 16.0. The lowest BCUT2D eigenvalue weighted by molar-refractivity contribution is -0.137. The van der Waals surface area contributed by atoms with Crippen LogP contribution >= 0.6 is 22.9 Å². The number of nitrogen functional groups attached to an aromatic ring is 1. The van der Waals surface area contributed by atoms with Crippen LogP contribution in [0.3, 0.4) is 0 Å². The van der Waals surface area contributed by atoms with Crippen LogP contribution in [0.4, 0.5) is 5.82 Å². The number of thiophene rings is 1. The smallest absolute Gasteiger partial charge is 0.229 e. The number of anilines is 1. The van der Waals surface area contributed by atoms with Gasteiger partial charge in [0.1, 0.15) is 29.3 Å². The molecule has 2 N–H and O–H groups in total. The van der Waals surface area contributed by atoms with Gasteiger partial charge in [0.15, 0.2) is 0 Å². The molecule has 2 aliphatic rings. The molecule has 1 aromatic carbocycles. The number of hydrogen-bond acceptors (Lipinski definition) is 6. The molecule has 5 rings (SSSR count). The fourth-order valence-electron chi connectivity index (χ4n) is 3.92. The minimum Gasteiger partial charge on any atom is -0.492 e. The Morgan fingerprint density at radius 2 is 2.26 bits per heavy atom. The van der Waals surface area contributed by atoms with E-state index in [1.54, 1.807) is 11.3 Å². The summed E-state index contributed by atoms with van der Waals surface area (Å²) in [5.74, 6) is 1.29. The van der Waals surface area contributed by atoms with Crippen LogP contribution in [-0.2, 0) is 24.2 Å². The minimum atomic E-state index is -0.184. The molecule has 1 atom stereocenters. The van der Waals surface area contributed by atoms with Crippen molar-refractivity contribution >= 4 is 44.9 Å². The molecule has 138 valence electrons. The molecule has 4 heterocycles. The largest absolute Gasteiger partial charge is 0.492 e. The lowest BCUT2D eigenvalue weighted by Crippen LogP contribution is -2.42. The predicted molar refractivity (Wildman–Crippen MR) is 105 cm³/mol. The molecule has 8 heteroatoms. The number of ether oxygens (including phenoxy) is 1. The van der Waals surface area contributed by atoms with Crippen LogP contribution < -0.4 is 10.5 Å². The number of nitrogens with two attached hydrogens (primary N) is 1. The van der Waals surface area contributed by atoms with Gasteiger partial charge in [-0.15, -0.1) is 11.3 Å². The van der Waals surface area contributed by atoms with Crippen LogP contribution in [-0.4, -0.2) is 33.9 Å². The van der Waals surface area contributed by atoms with E-state index in [9.17, 15) is 4.79 Å². The second-order valence-corrected chi connectivity index (χ2v) is 8.44. The lowest BCUT2D eigenvalue weighted by atomic mass is 9.94. The molecule has 0 radical (unpaired) electrons. The maximum Gasteiger partial charge on any atom is 0.229 e. The van der Waals surface area contributed by atoms with Crippen molar-refractivity contribution in [2.45, 2.75) is 19.4 Å². The maximum atomic E-state index is 13.1. The Kier molecular flexibility index (Phi) is 3.94. The molecular weight excluding hydrogens is 384 g/mol. The second kappa shape index (κ2) is 6.35. The Hall–Kier alpha value is -2.38. The van der Waals surface area contributed by atoms with Crippen molar-refractivity contribution in [3.8, 4) is 5.75 Å². The summed E-state index contributed by atoms with van der Waals surface area (Å²) >= 11 is 7.69. The molecule has 2 aliphatic heterocycles. The van der Waals surface area contributed by atoms with E-state index >= 15 is 0 Å². The molecule has 0 aliphatic carbocycles. The molecule has 2 aromatic heterocycles. The SMILES string of the molecule is Nc1ncnc2sc3c(c12)CCN(C(=O)C1COc2ccc(Cl)cc2C1)C3. The zero-order chi connectivity index (χ0) is 18.5. The van der Waals surface area contributed by atoms with Gasteiger partial charge in [-0.2, -0.15) is 0 Å². The predicted octanol–water partition coefficient (Wildman–Crippen LogP) is 3.06. The summed E-state index contributed by atoms with van der Waals surface area (Å²) in [5.41, 5.74) is 8.23. The number of carbonyl (C=O) groups is 1. The third-order valence-corrected chi connectivity index (χ3v) is 6.62. The molecule has 27 heavy (non-hydrogen) atoms. The summed E-state index contributed by atoms with van der Waals surface area (Å²) in [6.45, 7) is 1.67. The van der Waals surface area contributed by atoms with Crippen LogP contribution in [0.2, 0.25) is 5.02 Å². The summed E-state index contributed by atoms with van der Waals surface area (Å²) in [5, 5.41) is 1.62. The van der Waals surface area contributed by atoms with Gasteiger partial charge < -0.3 is 15.4 Å². The number of halogens is 1. The van der Waals surface area contributed by atoms with Gasteiger partial charge >= 0.3 is 0 Å². The fraction of sp³-hybridized carbons (Fsp3) is 0.316. The lowest BCUT2D eigenvalue weighted by Gasteiger charge is -2.32. The van der Waals surface area contributed by atoms with E-state index in [0.717, 1.165) is 32.8 Å². The van der Waals surface area contributed by atoms with Crippen molar-refractivity contribution < 1.29 is 9.53 Å². The normalized spacial score (nSPS) is 18.7. The van der Waals surface area contributed by atoms with Gasteiger partial charge in [0.25, 0.3) is 0 Å². The first-order chi connectivity index (χ1) is 13.1. The van der Waals surface area contributed by atoms with Gasteiger partial charge in [-0.1, -0.05) is 11.6 Å². The standard InChI is InChI=1S/C19H17ClN4O2S/c20-12-1-2-14-10(6-12)5-11(8-26-14)19(25)24-4-3-13-15(7-24)27-18-16(13)17(21)22-9-23-18/h1-2,6,9,11H,3-5,7-8H2,(H2,21,22,23). The average molecular weight is 401 g/mol. The van der Waals surface area contributed by atoms with Crippen LogP contribution in [0.1, 0.15) is 16.0 Å². The third kappa shape index (κ3) is 2.82. The maximum absolute atomic E-state index is 13.1. The van der Waals surface area contributed by atoms with Crippen molar-refractivity contribution in [2.75, 3.05) is 18.9 Å². The minimum absolute atomic E-state index is 0.128.